The van der Waals surface area contributed by atoms with Crippen LogP contribution in [0.3, 0.4) is 0 Å². The molecule has 0 saturated heterocycles. The quantitative estimate of drug-likeness (QED) is 0.643. The van der Waals surface area contributed by atoms with E-state index in [-0.39, 0.29) is 18.9 Å². The first-order chi connectivity index (χ1) is 13.0. The fourth-order valence-corrected chi connectivity index (χ4v) is 4.26. The fourth-order valence-electron chi connectivity index (χ4n) is 3.37. The number of amides is 1. The molecule has 1 aliphatic rings. The molecular formula is C21H21NO4S. The van der Waals surface area contributed by atoms with E-state index in [0.29, 0.717) is 13.1 Å². The average molecular weight is 383 g/mol. The molecule has 0 N–H and O–H groups in total. The van der Waals surface area contributed by atoms with Crippen LogP contribution in [-0.2, 0) is 33.7 Å². The van der Waals surface area contributed by atoms with Crippen LogP contribution in [0.5, 0.6) is 0 Å². The summed E-state index contributed by atoms with van der Waals surface area (Å²) in [5.74, 6) is -0.568. The van der Waals surface area contributed by atoms with Crippen molar-refractivity contribution in [3.05, 3.63) is 57.0 Å². The molecule has 0 radical (unpaired) electrons. The highest BCUT2D eigenvalue weighted by molar-refractivity contribution is 7.10. The molecule has 0 fully saturated rings. The maximum Gasteiger partial charge on any atom is 0.310 e. The van der Waals surface area contributed by atoms with E-state index in [1.807, 2.05) is 26.0 Å². The van der Waals surface area contributed by atoms with Gasteiger partial charge >= 0.3 is 5.97 Å². The number of aryl methyl sites for hydroxylation is 2. The van der Waals surface area contributed by atoms with E-state index in [1.165, 1.54) is 10.4 Å². The van der Waals surface area contributed by atoms with Crippen LogP contribution in [0.4, 0.5) is 0 Å². The maximum atomic E-state index is 12.4. The summed E-state index contributed by atoms with van der Waals surface area (Å²) < 4.78 is 10.8. The lowest BCUT2D eigenvalue weighted by atomic mass is 10.0. The molecule has 1 aromatic carbocycles. The van der Waals surface area contributed by atoms with Crippen molar-refractivity contribution in [3.8, 4) is 0 Å². The Morgan fingerprint density at radius 3 is 2.93 bits per heavy atom. The summed E-state index contributed by atoms with van der Waals surface area (Å²) in [6, 6.07) is 6.05. The van der Waals surface area contributed by atoms with Gasteiger partial charge in [0, 0.05) is 28.9 Å². The van der Waals surface area contributed by atoms with E-state index in [1.54, 1.807) is 22.5 Å². The van der Waals surface area contributed by atoms with Gasteiger partial charge < -0.3 is 14.1 Å². The number of thiophene rings is 1. The Bertz CT molecular complexity index is 1020. The van der Waals surface area contributed by atoms with Gasteiger partial charge in [0.2, 0.25) is 0 Å². The molecule has 3 aromatic rings. The first-order valence-electron chi connectivity index (χ1n) is 8.97. The number of esters is 1. The number of carbonyl (C=O) groups excluding carboxylic acids is 2. The fraction of sp³-hybridized carbons (Fsp3) is 0.333. The summed E-state index contributed by atoms with van der Waals surface area (Å²) in [6.07, 6.45) is 2.55. The highest BCUT2D eigenvalue weighted by Gasteiger charge is 2.22. The summed E-state index contributed by atoms with van der Waals surface area (Å²) >= 11 is 1.73. The number of hydrogen-bond donors (Lipinski definition) is 0. The number of carbonyl (C=O) groups is 2. The first-order valence-corrected chi connectivity index (χ1v) is 9.85. The predicted octanol–water partition coefficient (Wildman–Crippen LogP) is 3.78. The Morgan fingerprint density at radius 1 is 1.26 bits per heavy atom. The third-order valence-corrected chi connectivity index (χ3v) is 6.14. The normalized spacial score (nSPS) is 13.6. The summed E-state index contributed by atoms with van der Waals surface area (Å²) in [5, 5.41) is 2.97. The second-order valence-electron chi connectivity index (χ2n) is 6.97. The summed E-state index contributed by atoms with van der Waals surface area (Å²) in [5.41, 5.74) is 5.03. The van der Waals surface area contributed by atoms with Gasteiger partial charge in [-0.15, -0.1) is 11.3 Å². The number of hydrogen-bond acceptors (Lipinski definition) is 5. The maximum absolute atomic E-state index is 12.4. The minimum atomic E-state index is -0.419. The molecule has 0 bridgehead atoms. The van der Waals surface area contributed by atoms with Gasteiger partial charge in [-0.2, -0.15) is 0 Å². The third kappa shape index (κ3) is 3.62. The average Bonchev–Trinajstić information content (AvgIpc) is 3.27. The highest BCUT2D eigenvalue weighted by atomic mass is 32.1. The molecule has 0 unspecified atom stereocenters. The van der Waals surface area contributed by atoms with E-state index < -0.39 is 5.97 Å². The third-order valence-electron chi connectivity index (χ3n) is 5.12. The summed E-state index contributed by atoms with van der Waals surface area (Å²) in [6.45, 7) is 5.11. The zero-order chi connectivity index (χ0) is 19.0. The van der Waals surface area contributed by atoms with E-state index in [2.05, 4.69) is 11.4 Å². The van der Waals surface area contributed by atoms with Gasteiger partial charge in [0.05, 0.1) is 12.7 Å². The second-order valence-corrected chi connectivity index (χ2v) is 7.97. The van der Waals surface area contributed by atoms with Crippen molar-refractivity contribution < 1.29 is 18.7 Å². The van der Waals surface area contributed by atoms with Crippen LogP contribution < -0.4 is 0 Å². The van der Waals surface area contributed by atoms with Crippen molar-refractivity contribution in [2.45, 2.75) is 33.2 Å². The van der Waals surface area contributed by atoms with Gasteiger partial charge in [0.1, 0.15) is 5.58 Å². The number of nitrogens with zero attached hydrogens (tertiary/aromatic N) is 1. The van der Waals surface area contributed by atoms with Crippen LogP contribution in [0.1, 0.15) is 27.1 Å². The number of furan rings is 1. The minimum absolute atomic E-state index is 0.0947. The largest absolute Gasteiger partial charge is 0.464 e. The number of benzene rings is 1. The topological polar surface area (TPSA) is 59.8 Å². The van der Waals surface area contributed by atoms with Crippen molar-refractivity contribution >= 4 is 34.2 Å². The van der Waals surface area contributed by atoms with E-state index in [0.717, 1.165) is 34.1 Å². The van der Waals surface area contributed by atoms with Crippen LogP contribution in [0, 0.1) is 13.8 Å². The van der Waals surface area contributed by atoms with Crippen molar-refractivity contribution in [1.82, 2.24) is 4.90 Å². The Kier molecular flexibility index (Phi) is 4.74. The van der Waals surface area contributed by atoms with E-state index in [9.17, 15) is 9.59 Å². The van der Waals surface area contributed by atoms with E-state index >= 15 is 0 Å². The zero-order valence-electron chi connectivity index (χ0n) is 15.4. The van der Waals surface area contributed by atoms with Gasteiger partial charge in [-0.1, -0.05) is 0 Å². The Balaban J connectivity index is 1.35. The molecule has 0 saturated carbocycles. The molecule has 0 aliphatic carbocycles. The molecule has 0 spiro atoms. The van der Waals surface area contributed by atoms with Crippen LogP contribution in [0.25, 0.3) is 11.0 Å². The smallest absolute Gasteiger partial charge is 0.310 e. The molecule has 140 valence electrons. The number of rotatable bonds is 4. The van der Waals surface area contributed by atoms with Crippen LogP contribution in [0.2, 0.25) is 0 Å². The van der Waals surface area contributed by atoms with Crippen LogP contribution in [0.15, 0.2) is 34.3 Å². The van der Waals surface area contributed by atoms with Gasteiger partial charge in [-0.05, 0) is 60.5 Å². The molecule has 2 aromatic heterocycles. The van der Waals surface area contributed by atoms with Gasteiger partial charge in [0.15, 0.2) is 6.61 Å². The van der Waals surface area contributed by atoms with Crippen molar-refractivity contribution in [3.63, 3.8) is 0 Å². The van der Waals surface area contributed by atoms with Crippen LogP contribution in [-0.4, -0.2) is 29.9 Å². The standard InChI is InChI=1S/C21H21NO4S/c1-13-7-17-16(11-25-18(17)8-14(13)2)9-21(24)26-12-20(23)22-5-3-19-15(10-22)4-6-27-19/h4,6-8,11H,3,5,9-10,12H2,1-2H3. The lowest BCUT2D eigenvalue weighted by molar-refractivity contribution is -0.151. The molecule has 5 nitrogen and oxygen atoms in total. The summed E-state index contributed by atoms with van der Waals surface area (Å²) in [4.78, 5) is 27.7. The molecule has 0 atom stereocenters. The molecule has 1 aliphatic heterocycles. The Hall–Kier alpha value is -2.60. The van der Waals surface area contributed by atoms with E-state index in [4.69, 9.17) is 9.15 Å². The first kappa shape index (κ1) is 17.8. The number of ether oxygens (including phenoxy) is 1. The highest BCUT2D eigenvalue weighted by Crippen LogP contribution is 2.26. The Morgan fingerprint density at radius 2 is 2.07 bits per heavy atom. The van der Waals surface area contributed by atoms with Gasteiger partial charge in [-0.3, -0.25) is 9.59 Å². The van der Waals surface area contributed by atoms with Crippen molar-refractivity contribution in [2.24, 2.45) is 0 Å². The van der Waals surface area contributed by atoms with Crippen molar-refractivity contribution in [2.75, 3.05) is 13.2 Å². The molecule has 27 heavy (non-hydrogen) atoms. The van der Waals surface area contributed by atoms with Crippen LogP contribution >= 0.6 is 11.3 Å². The lowest BCUT2D eigenvalue weighted by Gasteiger charge is -2.26. The lowest BCUT2D eigenvalue weighted by Crippen LogP contribution is -2.38. The van der Waals surface area contributed by atoms with Gasteiger partial charge in [-0.25, -0.2) is 0 Å². The molecule has 4 rings (SSSR count). The predicted molar refractivity (Wildman–Crippen MR) is 104 cm³/mol. The van der Waals surface area contributed by atoms with Gasteiger partial charge in [0.25, 0.3) is 5.91 Å². The molecular weight excluding hydrogens is 362 g/mol. The molecule has 3 heterocycles. The van der Waals surface area contributed by atoms with Crippen molar-refractivity contribution in [1.29, 1.82) is 0 Å². The zero-order valence-corrected chi connectivity index (χ0v) is 16.2. The molecule has 6 heteroatoms. The summed E-state index contributed by atoms with van der Waals surface area (Å²) in [7, 11) is 0. The minimum Gasteiger partial charge on any atom is -0.464 e. The monoisotopic (exact) mass is 383 g/mol. The Labute approximate surface area is 161 Å². The molecule has 1 amide bonds. The second kappa shape index (κ2) is 7.19. The SMILES string of the molecule is Cc1cc2occ(CC(=O)OCC(=O)N3CCc4sccc4C3)c2cc1C. The number of fused-ring (bicyclic) bond motifs is 2.